The minimum Gasteiger partial charge on any atom is -0.352 e. The van der Waals surface area contributed by atoms with E-state index in [0.29, 0.717) is 0 Å². The predicted octanol–water partition coefficient (Wildman–Crippen LogP) is 2.07. The number of nitro groups is 1. The topological polar surface area (TPSA) is 110 Å². The summed E-state index contributed by atoms with van der Waals surface area (Å²) < 4.78 is 27.2. The number of amides is 1. The molecule has 136 valence electrons. The van der Waals surface area contributed by atoms with Crippen molar-refractivity contribution in [1.82, 2.24) is 5.32 Å². The molecule has 0 unspecified atom stereocenters. The smallest absolute Gasteiger partial charge is 0.289 e. The third-order valence-corrected chi connectivity index (χ3v) is 5.73. The summed E-state index contributed by atoms with van der Waals surface area (Å²) in [7, 11) is -4.31. The number of nitro benzene ring substituents is 1. The molecule has 0 saturated heterocycles. The van der Waals surface area contributed by atoms with Crippen LogP contribution < -0.4 is 9.62 Å². The molecule has 8 nitrogen and oxygen atoms in total. The van der Waals surface area contributed by atoms with Crippen LogP contribution in [0.25, 0.3) is 0 Å². The number of nitrogens with one attached hydrogen (secondary N) is 1. The minimum atomic E-state index is -4.31. The molecule has 1 N–H and O–H groups in total. The maximum Gasteiger partial charge on any atom is 0.289 e. The van der Waals surface area contributed by atoms with Gasteiger partial charge in [0.15, 0.2) is 4.90 Å². The van der Waals surface area contributed by atoms with Crippen LogP contribution in [0, 0.1) is 10.1 Å². The molecule has 3 rings (SSSR count). The second-order valence-corrected chi connectivity index (χ2v) is 7.74. The van der Waals surface area contributed by atoms with Crippen LogP contribution >= 0.6 is 0 Å². The first-order chi connectivity index (χ1) is 12.4. The summed E-state index contributed by atoms with van der Waals surface area (Å²) in [6.45, 7) is -0.450. The number of hydrogen-bond donors (Lipinski definition) is 1. The average Bonchev–Trinajstić information content (AvgIpc) is 3.44. The lowest BCUT2D eigenvalue weighted by atomic mass is 10.3. The third-order valence-electron chi connectivity index (χ3n) is 3.90. The molecule has 1 aliphatic carbocycles. The molecule has 0 aromatic heterocycles. The summed E-state index contributed by atoms with van der Waals surface area (Å²) in [4.78, 5) is 22.3. The van der Waals surface area contributed by atoms with E-state index in [4.69, 9.17) is 0 Å². The van der Waals surface area contributed by atoms with Gasteiger partial charge in [0.2, 0.25) is 5.91 Å². The van der Waals surface area contributed by atoms with E-state index in [-0.39, 0.29) is 11.7 Å². The molecular formula is C17H17N3O5S. The maximum absolute atomic E-state index is 13.1. The van der Waals surface area contributed by atoms with Crippen LogP contribution in [0.2, 0.25) is 0 Å². The SMILES string of the molecule is O=C(CN(c1ccccc1)S(=O)(=O)c1ccccc1[N+](=O)[O-])NC1CC1. The van der Waals surface area contributed by atoms with E-state index in [1.54, 1.807) is 18.2 Å². The van der Waals surface area contributed by atoms with E-state index in [1.807, 2.05) is 0 Å². The Hall–Kier alpha value is -2.94. The maximum atomic E-state index is 13.1. The van der Waals surface area contributed by atoms with Crippen LogP contribution in [0.3, 0.4) is 0 Å². The van der Waals surface area contributed by atoms with Crippen LogP contribution in [0.4, 0.5) is 11.4 Å². The van der Waals surface area contributed by atoms with Crippen LogP contribution in [0.1, 0.15) is 12.8 Å². The Morgan fingerprint density at radius 3 is 2.35 bits per heavy atom. The molecule has 9 heteroatoms. The Morgan fingerprint density at radius 2 is 1.73 bits per heavy atom. The first-order valence-electron chi connectivity index (χ1n) is 8.00. The van der Waals surface area contributed by atoms with E-state index in [0.717, 1.165) is 23.2 Å². The Bertz CT molecular complexity index is 926. The van der Waals surface area contributed by atoms with E-state index >= 15 is 0 Å². The Labute approximate surface area is 150 Å². The highest BCUT2D eigenvalue weighted by Gasteiger charge is 2.34. The largest absolute Gasteiger partial charge is 0.352 e. The summed E-state index contributed by atoms with van der Waals surface area (Å²) in [5.74, 6) is -0.446. The highest BCUT2D eigenvalue weighted by atomic mass is 32.2. The number of anilines is 1. The number of benzene rings is 2. The predicted molar refractivity (Wildman–Crippen MR) is 95.2 cm³/mol. The zero-order valence-corrected chi connectivity index (χ0v) is 14.6. The quantitative estimate of drug-likeness (QED) is 0.588. The van der Waals surface area contributed by atoms with Crippen molar-refractivity contribution in [3.63, 3.8) is 0 Å². The summed E-state index contributed by atoms with van der Waals surface area (Å²) in [6.07, 6.45) is 1.74. The monoisotopic (exact) mass is 375 g/mol. The van der Waals surface area contributed by atoms with Crippen LogP contribution in [0.5, 0.6) is 0 Å². The van der Waals surface area contributed by atoms with Gasteiger partial charge in [0.1, 0.15) is 6.54 Å². The van der Waals surface area contributed by atoms with E-state index < -0.39 is 38.0 Å². The van der Waals surface area contributed by atoms with E-state index in [1.165, 1.54) is 30.3 Å². The normalized spacial score (nSPS) is 13.8. The number of nitrogens with zero attached hydrogens (tertiary/aromatic N) is 2. The fourth-order valence-corrected chi connectivity index (χ4v) is 4.07. The van der Waals surface area contributed by atoms with Gasteiger partial charge in [-0.05, 0) is 31.0 Å². The molecule has 1 saturated carbocycles. The van der Waals surface area contributed by atoms with Crippen molar-refractivity contribution in [2.24, 2.45) is 0 Å². The molecule has 1 amide bonds. The average molecular weight is 375 g/mol. The zero-order chi connectivity index (χ0) is 18.7. The van der Waals surface area contributed by atoms with Gasteiger partial charge in [-0.2, -0.15) is 0 Å². The van der Waals surface area contributed by atoms with Crippen LogP contribution in [-0.2, 0) is 14.8 Å². The number of sulfonamides is 1. The Morgan fingerprint density at radius 1 is 1.12 bits per heavy atom. The second kappa shape index (κ2) is 7.12. The first kappa shape index (κ1) is 17.9. The fraction of sp³-hybridized carbons (Fsp3) is 0.235. The molecule has 0 heterocycles. The van der Waals surface area contributed by atoms with Crippen molar-refractivity contribution in [2.45, 2.75) is 23.8 Å². The molecule has 2 aromatic rings. The molecule has 1 aliphatic rings. The van der Waals surface area contributed by atoms with Gasteiger partial charge in [0.25, 0.3) is 15.7 Å². The van der Waals surface area contributed by atoms with Gasteiger partial charge < -0.3 is 5.32 Å². The summed E-state index contributed by atoms with van der Waals surface area (Å²) in [6, 6.07) is 13.2. The lowest BCUT2D eigenvalue weighted by Crippen LogP contribution is -2.41. The van der Waals surface area contributed by atoms with Gasteiger partial charge >= 0.3 is 0 Å². The van der Waals surface area contributed by atoms with Gasteiger partial charge in [0, 0.05) is 12.1 Å². The highest BCUT2D eigenvalue weighted by molar-refractivity contribution is 7.93. The molecular weight excluding hydrogens is 358 g/mol. The molecule has 0 spiro atoms. The highest BCUT2D eigenvalue weighted by Crippen LogP contribution is 2.29. The number of hydrogen-bond acceptors (Lipinski definition) is 5. The van der Waals surface area contributed by atoms with Crippen molar-refractivity contribution >= 4 is 27.3 Å². The van der Waals surface area contributed by atoms with Crippen molar-refractivity contribution in [1.29, 1.82) is 0 Å². The first-order valence-corrected chi connectivity index (χ1v) is 9.44. The van der Waals surface area contributed by atoms with Crippen LogP contribution in [0.15, 0.2) is 59.5 Å². The standard InChI is InChI=1S/C17H17N3O5S/c21-17(18-13-10-11-13)12-19(14-6-2-1-3-7-14)26(24,25)16-9-5-4-8-15(16)20(22)23/h1-9,13H,10-12H2,(H,18,21). The molecule has 0 radical (unpaired) electrons. The van der Waals surface area contributed by atoms with E-state index in [2.05, 4.69) is 5.32 Å². The molecule has 1 fully saturated rings. The molecule has 2 aromatic carbocycles. The minimum absolute atomic E-state index is 0.0777. The molecule has 0 aliphatic heterocycles. The zero-order valence-electron chi connectivity index (χ0n) is 13.7. The summed E-state index contributed by atoms with van der Waals surface area (Å²) >= 11 is 0. The van der Waals surface area contributed by atoms with Gasteiger partial charge in [-0.3, -0.25) is 19.2 Å². The van der Waals surface area contributed by atoms with E-state index in [9.17, 15) is 23.3 Å². The molecule has 26 heavy (non-hydrogen) atoms. The second-order valence-electron chi connectivity index (χ2n) is 5.91. The van der Waals surface area contributed by atoms with Crippen molar-refractivity contribution in [2.75, 3.05) is 10.8 Å². The number of carbonyl (C=O) groups excluding carboxylic acids is 1. The van der Waals surface area contributed by atoms with Crippen molar-refractivity contribution < 1.29 is 18.1 Å². The number of rotatable bonds is 7. The van der Waals surface area contributed by atoms with Gasteiger partial charge in [-0.25, -0.2) is 8.42 Å². The summed E-state index contributed by atoms with van der Waals surface area (Å²) in [5, 5.41) is 14.0. The van der Waals surface area contributed by atoms with Crippen molar-refractivity contribution in [3.05, 3.63) is 64.7 Å². The van der Waals surface area contributed by atoms with Gasteiger partial charge in [0.05, 0.1) is 10.6 Å². The van der Waals surface area contributed by atoms with Crippen LogP contribution in [-0.4, -0.2) is 31.8 Å². The molecule has 0 bridgehead atoms. The molecule has 0 atom stereocenters. The number of carbonyl (C=O) groups is 1. The number of para-hydroxylation sites is 2. The third kappa shape index (κ3) is 3.83. The Balaban J connectivity index is 2.02. The van der Waals surface area contributed by atoms with Gasteiger partial charge in [-0.1, -0.05) is 30.3 Å². The fourth-order valence-electron chi connectivity index (χ4n) is 2.49. The lowest BCUT2D eigenvalue weighted by Gasteiger charge is -2.24. The summed E-state index contributed by atoms with van der Waals surface area (Å²) in [5.41, 5.74) is -0.271. The van der Waals surface area contributed by atoms with Gasteiger partial charge in [-0.15, -0.1) is 0 Å². The lowest BCUT2D eigenvalue weighted by molar-refractivity contribution is -0.387. The van der Waals surface area contributed by atoms with Crippen molar-refractivity contribution in [3.8, 4) is 0 Å². The Kier molecular flexibility index (Phi) is 4.90.